The third-order valence-corrected chi connectivity index (χ3v) is 6.19. The molecule has 134 valence electrons. The minimum atomic E-state index is -0.524. The average molecular weight is 342 g/mol. The standard InChI is InChI=1S/C19H26N4O2/c1-12-9-15(12)16-20-10-14(11-21-16)17(24)22-13(2)18(25)23-7-5-19(3-4-19)6-8-23/h10-13,15H,3-9H2,1-2H3,(H,22,24)/t12-,13-,15-/m1/s1. The molecule has 6 nitrogen and oxygen atoms in total. The largest absolute Gasteiger partial charge is 0.341 e. The van der Waals surface area contributed by atoms with Crippen molar-refractivity contribution >= 4 is 11.8 Å². The number of amides is 2. The van der Waals surface area contributed by atoms with Crippen molar-refractivity contribution in [1.29, 1.82) is 0 Å². The number of hydrogen-bond donors (Lipinski definition) is 1. The van der Waals surface area contributed by atoms with Crippen molar-refractivity contribution in [3.63, 3.8) is 0 Å². The molecule has 25 heavy (non-hydrogen) atoms. The molecule has 0 bridgehead atoms. The number of rotatable bonds is 4. The minimum absolute atomic E-state index is 0.00759. The number of nitrogens with zero attached hydrogens (tertiary/aromatic N) is 3. The monoisotopic (exact) mass is 342 g/mol. The highest BCUT2D eigenvalue weighted by molar-refractivity contribution is 5.97. The van der Waals surface area contributed by atoms with Crippen LogP contribution in [-0.2, 0) is 4.79 Å². The van der Waals surface area contributed by atoms with Gasteiger partial charge in [-0.25, -0.2) is 9.97 Å². The van der Waals surface area contributed by atoms with Gasteiger partial charge in [0, 0.05) is 31.4 Å². The normalized spacial score (nSPS) is 27.7. The Labute approximate surface area is 148 Å². The number of piperidine rings is 1. The molecule has 6 heteroatoms. The number of hydrogen-bond acceptors (Lipinski definition) is 4. The van der Waals surface area contributed by atoms with E-state index in [-0.39, 0.29) is 11.8 Å². The van der Waals surface area contributed by atoms with Gasteiger partial charge in [-0.15, -0.1) is 0 Å². The molecule has 0 unspecified atom stereocenters. The van der Waals surface area contributed by atoms with Crippen LogP contribution >= 0.6 is 0 Å². The summed E-state index contributed by atoms with van der Waals surface area (Å²) in [6, 6.07) is -0.524. The van der Waals surface area contributed by atoms with Crippen LogP contribution in [0.4, 0.5) is 0 Å². The van der Waals surface area contributed by atoms with Crippen LogP contribution in [0.2, 0.25) is 0 Å². The summed E-state index contributed by atoms with van der Waals surface area (Å²) in [7, 11) is 0. The molecule has 1 aromatic rings. The zero-order valence-electron chi connectivity index (χ0n) is 15.0. The molecule has 1 aliphatic heterocycles. The van der Waals surface area contributed by atoms with E-state index in [1.54, 1.807) is 19.3 Å². The maximum atomic E-state index is 12.6. The lowest BCUT2D eigenvalue weighted by atomic mass is 9.93. The van der Waals surface area contributed by atoms with Crippen molar-refractivity contribution in [1.82, 2.24) is 20.2 Å². The fourth-order valence-corrected chi connectivity index (χ4v) is 3.82. The predicted octanol–water partition coefficient (Wildman–Crippen LogP) is 2.12. The Balaban J connectivity index is 1.31. The summed E-state index contributed by atoms with van der Waals surface area (Å²) in [6.07, 6.45) is 9.10. The van der Waals surface area contributed by atoms with E-state index in [9.17, 15) is 9.59 Å². The van der Waals surface area contributed by atoms with E-state index in [2.05, 4.69) is 22.2 Å². The summed E-state index contributed by atoms with van der Waals surface area (Å²) >= 11 is 0. The van der Waals surface area contributed by atoms with Crippen LogP contribution in [0.5, 0.6) is 0 Å². The zero-order chi connectivity index (χ0) is 17.6. The van der Waals surface area contributed by atoms with Crippen molar-refractivity contribution < 1.29 is 9.59 Å². The lowest BCUT2D eigenvalue weighted by molar-refractivity contribution is -0.134. The van der Waals surface area contributed by atoms with Crippen LogP contribution in [0.15, 0.2) is 12.4 Å². The number of aromatic nitrogens is 2. The molecule has 4 rings (SSSR count). The van der Waals surface area contributed by atoms with Gasteiger partial charge in [-0.05, 0) is 50.4 Å². The second-order valence-corrected chi connectivity index (χ2v) is 8.17. The molecule has 0 aromatic carbocycles. The maximum Gasteiger partial charge on any atom is 0.255 e. The lowest BCUT2D eigenvalue weighted by Gasteiger charge is -2.33. The molecule has 2 amide bonds. The van der Waals surface area contributed by atoms with Gasteiger partial charge in [0.25, 0.3) is 5.91 Å². The maximum absolute atomic E-state index is 12.6. The molecule has 3 fully saturated rings. The Morgan fingerprint density at radius 2 is 1.80 bits per heavy atom. The van der Waals surface area contributed by atoms with E-state index >= 15 is 0 Å². The molecule has 1 spiro atoms. The Morgan fingerprint density at radius 1 is 1.20 bits per heavy atom. The van der Waals surface area contributed by atoms with E-state index in [4.69, 9.17) is 0 Å². The van der Waals surface area contributed by atoms with Crippen LogP contribution in [0.1, 0.15) is 68.1 Å². The van der Waals surface area contributed by atoms with Gasteiger partial charge in [-0.1, -0.05) is 6.92 Å². The predicted molar refractivity (Wildman–Crippen MR) is 93.0 cm³/mol. The van der Waals surface area contributed by atoms with E-state index in [1.165, 1.54) is 12.8 Å². The van der Waals surface area contributed by atoms with Crippen molar-refractivity contribution in [2.24, 2.45) is 11.3 Å². The number of carbonyl (C=O) groups is 2. The Bertz CT molecular complexity index is 673. The molecule has 0 radical (unpaired) electrons. The van der Waals surface area contributed by atoms with Gasteiger partial charge in [0.05, 0.1) is 5.56 Å². The molecule has 2 saturated carbocycles. The molecule has 1 aromatic heterocycles. The Kier molecular flexibility index (Phi) is 4.01. The van der Waals surface area contributed by atoms with E-state index in [1.807, 2.05) is 4.90 Å². The Hall–Kier alpha value is -1.98. The van der Waals surface area contributed by atoms with Gasteiger partial charge in [-0.2, -0.15) is 0 Å². The van der Waals surface area contributed by atoms with Gasteiger partial charge in [0.1, 0.15) is 11.9 Å². The van der Waals surface area contributed by atoms with Crippen molar-refractivity contribution in [3.05, 3.63) is 23.8 Å². The van der Waals surface area contributed by atoms with Gasteiger partial charge >= 0.3 is 0 Å². The highest BCUT2D eigenvalue weighted by Crippen LogP contribution is 2.53. The molecular weight excluding hydrogens is 316 g/mol. The van der Waals surface area contributed by atoms with Crippen LogP contribution < -0.4 is 5.32 Å². The van der Waals surface area contributed by atoms with E-state index in [0.29, 0.717) is 22.8 Å². The average Bonchev–Trinajstić information content (AvgIpc) is 3.54. The highest BCUT2D eigenvalue weighted by Gasteiger charge is 2.45. The topological polar surface area (TPSA) is 75.2 Å². The molecular formula is C19H26N4O2. The van der Waals surface area contributed by atoms with E-state index in [0.717, 1.165) is 38.2 Å². The summed E-state index contributed by atoms with van der Waals surface area (Å²) in [5.74, 6) is 1.61. The number of nitrogens with one attached hydrogen (secondary N) is 1. The van der Waals surface area contributed by atoms with Crippen LogP contribution in [0, 0.1) is 11.3 Å². The third kappa shape index (κ3) is 3.39. The molecule has 1 N–H and O–H groups in total. The van der Waals surface area contributed by atoms with Crippen LogP contribution in [0.3, 0.4) is 0 Å². The number of likely N-dealkylation sites (tertiary alicyclic amines) is 1. The van der Waals surface area contributed by atoms with Gasteiger partial charge in [-0.3, -0.25) is 9.59 Å². The van der Waals surface area contributed by atoms with Crippen LogP contribution in [-0.4, -0.2) is 45.8 Å². The van der Waals surface area contributed by atoms with Crippen molar-refractivity contribution in [3.8, 4) is 0 Å². The van der Waals surface area contributed by atoms with Gasteiger partial charge < -0.3 is 10.2 Å². The second-order valence-electron chi connectivity index (χ2n) is 8.17. The Morgan fingerprint density at radius 3 is 2.32 bits per heavy atom. The fraction of sp³-hybridized carbons (Fsp3) is 0.684. The lowest BCUT2D eigenvalue weighted by Crippen LogP contribution is -2.49. The molecule has 2 heterocycles. The highest BCUT2D eigenvalue weighted by atomic mass is 16.2. The third-order valence-electron chi connectivity index (χ3n) is 6.19. The summed E-state index contributed by atoms with van der Waals surface area (Å²) in [5.41, 5.74) is 0.953. The van der Waals surface area contributed by atoms with E-state index < -0.39 is 6.04 Å². The first kappa shape index (κ1) is 16.5. The quantitative estimate of drug-likeness (QED) is 0.909. The minimum Gasteiger partial charge on any atom is -0.341 e. The first-order valence-electron chi connectivity index (χ1n) is 9.39. The molecule has 3 atom stereocenters. The van der Waals surface area contributed by atoms with Gasteiger partial charge in [0.15, 0.2) is 0 Å². The first-order valence-corrected chi connectivity index (χ1v) is 9.39. The summed E-state index contributed by atoms with van der Waals surface area (Å²) in [6.45, 7) is 5.56. The van der Waals surface area contributed by atoms with Crippen LogP contribution in [0.25, 0.3) is 0 Å². The molecule has 1 saturated heterocycles. The zero-order valence-corrected chi connectivity index (χ0v) is 15.0. The summed E-state index contributed by atoms with van der Waals surface area (Å²) < 4.78 is 0. The fourth-order valence-electron chi connectivity index (χ4n) is 3.82. The smallest absolute Gasteiger partial charge is 0.255 e. The van der Waals surface area contributed by atoms with Gasteiger partial charge in [0.2, 0.25) is 5.91 Å². The van der Waals surface area contributed by atoms with Crippen molar-refractivity contribution in [2.75, 3.05) is 13.1 Å². The summed E-state index contributed by atoms with van der Waals surface area (Å²) in [4.78, 5) is 35.4. The van der Waals surface area contributed by atoms with Crippen molar-refractivity contribution in [2.45, 2.75) is 57.9 Å². The number of carbonyl (C=O) groups excluding carboxylic acids is 2. The SMILES string of the molecule is C[C@@H]1C[C@H]1c1ncc(C(=O)N[C@H](C)C(=O)N2CCC3(CC2)CC3)cn1. The molecule has 3 aliphatic rings. The summed E-state index contributed by atoms with van der Waals surface area (Å²) in [5, 5.41) is 2.79. The second kappa shape index (κ2) is 6.07. The first-order chi connectivity index (χ1) is 12.0. The molecule has 2 aliphatic carbocycles.